The highest BCUT2D eigenvalue weighted by Crippen LogP contribution is 2.00. The Morgan fingerprint density at radius 3 is 2.05 bits per heavy atom. The average Bonchev–Trinajstić information content (AvgIpc) is 2.34. The zero-order chi connectivity index (χ0) is 14.5. The second-order valence-corrected chi connectivity index (χ2v) is 4.56. The summed E-state index contributed by atoms with van der Waals surface area (Å²) in [7, 11) is 0. The van der Waals surface area contributed by atoms with Gasteiger partial charge in [-0.05, 0) is 39.3 Å². The number of nitrogens with zero attached hydrogens (tertiary/aromatic N) is 1. The Labute approximate surface area is 117 Å². The third kappa shape index (κ3) is 12.6. The van der Waals surface area contributed by atoms with E-state index in [-0.39, 0.29) is 6.61 Å². The topological polar surface area (TPSA) is 32.6 Å². The first-order chi connectivity index (χ1) is 9.06. The van der Waals surface area contributed by atoms with Gasteiger partial charge >= 0.3 is 0 Å². The Kier molecular flexibility index (Phi) is 10.4. The van der Waals surface area contributed by atoms with Gasteiger partial charge in [-0.2, -0.15) is 0 Å². The first kappa shape index (κ1) is 17.3. The van der Waals surface area contributed by atoms with E-state index in [0.29, 0.717) is 6.54 Å². The molecule has 19 heavy (non-hydrogen) atoms. The summed E-state index contributed by atoms with van der Waals surface area (Å²) in [6.45, 7) is 8.80. The molecule has 0 aliphatic rings. The highest BCUT2D eigenvalue weighted by atomic mass is 16.3. The van der Waals surface area contributed by atoms with Crippen molar-refractivity contribution in [1.82, 2.24) is 0 Å². The van der Waals surface area contributed by atoms with Crippen LogP contribution in [-0.4, -0.2) is 24.5 Å². The average molecular weight is 259 g/mol. The van der Waals surface area contributed by atoms with Crippen LogP contribution in [0.25, 0.3) is 0 Å². The van der Waals surface area contributed by atoms with Gasteiger partial charge in [0.25, 0.3) is 0 Å². The lowest BCUT2D eigenvalue weighted by Gasteiger charge is -1.90. The van der Waals surface area contributed by atoms with E-state index in [4.69, 9.17) is 5.11 Å². The van der Waals surface area contributed by atoms with E-state index in [0.717, 1.165) is 5.57 Å². The lowest BCUT2D eigenvalue weighted by atomic mass is 10.2. The van der Waals surface area contributed by atoms with Crippen molar-refractivity contribution < 1.29 is 5.11 Å². The molecule has 0 amide bonds. The summed E-state index contributed by atoms with van der Waals surface area (Å²) in [5, 5.41) is 8.57. The summed E-state index contributed by atoms with van der Waals surface area (Å²) >= 11 is 0. The van der Waals surface area contributed by atoms with Gasteiger partial charge in [0.15, 0.2) is 0 Å². The van der Waals surface area contributed by atoms with Gasteiger partial charge in [0.05, 0.1) is 13.2 Å². The number of rotatable bonds is 7. The van der Waals surface area contributed by atoms with Crippen molar-refractivity contribution in [2.45, 2.75) is 27.7 Å². The largest absolute Gasteiger partial charge is 0.394 e. The van der Waals surface area contributed by atoms with Crippen LogP contribution in [0.15, 0.2) is 64.2 Å². The first-order valence-electron chi connectivity index (χ1n) is 6.50. The van der Waals surface area contributed by atoms with Crippen molar-refractivity contribution in [2.75, 3.05) is 13.2 Å². The number of hydrogen-bond donors (Lipinski definition) is 1. The van der Waals surface area contributed by atoms with Gasteiger partial charge < -0.3 is 5.11 Å². The zero-order valence-electron chi connectivity index (χ0n) is 12.4. The van der Waals surface area contributed by atoms with E-state index in [2.05, 4.69) is 50.1 Å². The van der Waals surface area contributed by atoms with Gasteiger partial charge in [0.2, 0.25) is 0 Å². The summed E-state index contributed by atoms with van der Waals surface area (Å²) in [5.74, 6) is 0. The minimum absolute atomic E-state index is 0.0964. The third-order valence-electron chi connectivity index (χ3n) is 2.18. The van der Waals surface area contributed by atoms with Crippen LogP contribution < -0.4 is 0 Å². The number of aliphatic imine (C=N–C) groups is 1. The van der Waals surface area contributed by atoms with Gasteiger partial charge in [-0.15, -0.1) is 0 Å². The number of hydrogen-bond acceptors (Lipinski definition) is 2. The van der Waals surface area contributed by atoms with Crippen molar-refractivity contribution in [2.24, 2.45) is 4.99 Å². The maximum atomic E-state index is 8.57. The van der Waals surface area contributed by atoms with Gasteiger partial charge in [-0.1, -0.05) is 47.6 Å². The van der Waals surface area contributed by atoms with Gasteiger partial charge in [0, 0.05) is 6.21 Å². The van der Waals surface area contributed by atoms with E-state index in [1.54, 1.807) is 6.21 Å². The second kappa shape index (κ2) is 11.4. The fourth-order valence-electron chi connectivity index (χ4n) is 1.16. The predicted octanol–water partition coefficient (Wildman–Crippen LogP) is 4.02. The maximum absolute atomic E-state index is 8.57. The molecule has 0 fully saturated rings. The monoisotopic (exact) mass is 259 g/mol. The van der Waals surface area contributed by atoms with E-state index in [1.165, 1.54) is 11.1 Å². The smallest absolute Gasteiger partial charge is 0.0626 e. The Morgan fingerprint density at radius 2 is 1.47 bits per heavy atom. The van der Waals surface area contributed by atoms with E-state index < -0.39 is 0 Å². The van der Waals surface area contributed by atoms with Crippen LogP contribution in [0, 0.1) is 0 Å². The van der Waals surface area contributed by atoms with Crippen molar-refractivity contribution >= 4 is 6.21 Å². The lowest BCUT2D eigenvalue weighted by Crippen LogP contribution is -1.86. The normalized spacial score (nSPS) is 13.9. The van der Waals surface area contributed by atoms with Crippen LogP contribution in [0.3, 0.4) is 0 Å². The van der Waals surface area contributed by atoms with Crippen LogP contribution in [0.1, 0.15) is 27.7 Å². The highest BCUT2D eigenvalue weighted by molar-refractivity contribution is 5.72. The Morgan fingerprint density at radius 1 is 0.895 bits per heavy atom. The maximum Gasteiger partial charge on any atom is 0.0626 e. The molecule has 0 aromatic rings. The van der Waals surface area contributed by atoms with Crippen molar-refractivity contribution in [3.05, 3.63) is 59.3 Å². The molecule has 0 rings (SSSR count). The molecule has 0 saturated carbocycles. The number of aliphatic hydroxyl groups is 1. The fraction of sp³-hybridized carbons (Fsp3) is 0.353. The zero-order valence-corrected chi connectivity index (χ0v) is 12.4. The molecular formula is C17H25NO. The Hall–Kier alpha value is -1.67. The van der Waals surface area contributed by atoms with Crippen LogP contribution in [0.2, 0.25) is 0 Å². The molecule has 0 atom stereocenters. The molecule has 0 radical (unpaired) electrons. The summed E-state index contributed by atoms with van der Waals surface area (Å²) in [4.78, 5) is 4.01. The molecule has 2 heteroatoms. The summed E-state index contributed by atoms with van der Waals surface area (Å²) in [5.41, 5.74) is 3.62. The molecule has 0 saturated heterocycles. The minimum atomic E-state index is 0.0964. The lowest BCUT2D eigenvalue weighted by molar-refractivity contribution is 0.307. The van der Waals surface area contributed by atoms with Crippen LogP contribution in [-0.2, 0) is 0 Å². The summed E-state index contributed by atoms with van der Waals surface area (Å²) in [6, 6.07) is 0. The van der Waals surface area contributed by atoms with Gasteiger partial charge in [-0.25, -0.2) is 0 Å². The van der Waals surface area contributed by atoms with Crippen molar-refractivity contribution in [3.8, 4) is 0 Å². The van der Waals surface area contributed by atoms with Crippen LogP contribution >= 0.6 is 0 Å². The molecule has 0 aliphatic carbocycles. The van der Waals surface area contributed by atoms with Crippen molar-refractivity contribution in [1.29, 1.82) is 0 Å². The molecule has 104 valence electrons. The summed E-state index contributed by atoms with van der Waals surface area (Å²) < 4.78 is 0. The molecule has 0 bridgehead atoms. The predicted molar refractivity (Wildman–Crippen MR) is 85.7 cm³/mol. The highest BCUT2D eigenvalue weighted by Gasteiger charge is 1.80. The fourth-order valence-corrected chi connectivity index (χ4v) is 1.16. The van der Waals surface area contributed by atoms with Crippen molar-refractivity contribution in [3.63, 3.8) is 0 Å². The molecule has 1 N–H and O–H groups in total. The second-order valence-electron chi connectivity index (χ2n) is 4.56. The quantitative estimate of drug-likeness (QED) is 0.543. The minimum Gasteiger partial charge on any atom is -0.394 e. The molecule has 0 aromatic carbocycles. The van der Waals surface area contributed by atoms with E-state index in [1.807, 2.05) is 25.2 Å². The van der Waals surface area contributed by atoms with Gasteiger partial charge in [-0.3, -0.25) is 4.99 Å². The number of allylic oxidation sites excluding steroid dienone is 10. The number of aliphatic hydroxyl groups excluding tert-OH is 1. The SMILES string of the molecule is CC(C)=C/C=C/C(C)=C/C=C/C(C)=C/C=NCCO. The molecule has 0 aliphatic heterocycles. The summed E-state index contributed by atoms with van der Waals surface area (Å²) in [6.07, 6.45) is 16.0. The van der Waals surface area contributed by atoms with E-state index >= 15 is 0 Å². The Balaban J connectivity index is 4.32. The first-order valence-corrected chi connectivity index (χ1v) is 6.50. The van der Waals surface area contributed by atoms with Crippen LogP contribution in [0.5, 0.6) is 0 Å². The molecule has 0 aromatic heterocycles. The van der Waals surface area contributed by atoms with Crippen LogP contribution in [0.4, 0.5) is 0 Å². The molecule has 2 nitrogen and oxygen atoms in total. The standard InChI is InChI=1S/C17H25NO/c1-15(2)7-5-8-16(3)9-6-10-17(4)11-12-18-13-14-19/h5-12,19H,13-14H2,1-4H3/b8-5+,10-6+,16-9+,17-11+,18-12?. The molecule has 0 heterocycles. The molecule has 0 spiro atoms. The Bertz CT molecular complexity index is 417. The van der Waals surface area contributed by atoms with Gasteiger partial charge in [0.1, 0.15) is 0 Å². The van der Waals surface area contributed by atoms with E-state index in [9.17, 15) is 0 Å². The molecule has 0 unspecified atom stereocenters. The molecular weight excluding hydrogens is 234 g/mol. The third-order valence-corrected chi connectivity index (χ3v) is 2.18.